The van der Waals surface area contributed by atoms with E-state index in [1.54, 1.807) is 30.3 Å². The molecule has 2 aromatic rings. The molecular formula is C23H27Cl3N2O2. The molecule has 0 spiro atoms. The summed E-state index contributed by atoms with van der Waals surface area (Å²) in [5.41, 5.74) is 0.880. The Bertz CT molecular complexity index is 889. The van der Waals surface area contributed by atoms with E-state index in [1.165, 1.54) is 4.90 Å². The Hall–Kier alpha value is -1.75. The summed E-state index contributed by atoms with van der Waals surface area (Å²) in [6.45, 7) is 7.70. The molecule has 7 heteroatoms. The second kappa shape index (κ2) is 10.5. The third-order valence-corrected chi connectivity index (χ3v) is 5.65. The van der Waals surface area contributed by atoms with E-state index in [0.717, 1.165) is 0 Å². The van der Waals surface area contributed by atoms with Crippen molar-refractivity contribution in [2.75, 3.05) is 0 Å². The summed E-state index contributed by atoms with van der Waals surface area (Å²) in [6, 6.07) is 11.7. The van der Waals surface area contributed by atoms with Crippen molar-refractivity contribution in [3.05, 3.63) is 68.7 Å². The summed E-state index contributed by atoms with van der Waals surface area (Å²) in [5.74, 6) is -0.448. The molecular weight excluding hydrogens is 443 g/mol. The molecule has 0 unspecified atom stereocenters. The molecule has 0 aromatic heterocycles. The molecule has 0 radical (unpaired) electrons. The standard InChI is InChI=1S/C23H27Cl3N2O2/c1-5-20(22(30)27-23(2,3)4)28(14-16-18(25)11-8-12-19(16)26)21(29)13-15-9-6-7-10-17(15)24/h6-12,20H,5,13-14H2,1-4H3,(H,27,30)/t20-/m1/s1. The van der Waals surface area contributed by atoms with Gasteiger partial charge in [0.2, 0.25) is 11.8 Å². The number of hydrogen-bond acceptors (Lipinski definition) is 2. The normalized spacial score (nSPS) is 12.4. The average molecular weight is 470 g/mol. The van der Waals surface area contributed by atoms with Crippen molar-refractivity contribution in [1.82, 2.24) is 10.2 Å². The minimum Gasteiger partial charge on any atom is -0.350 e. The van der Waals surface area contributed by atoms with Crippen LogP contribution in [0.5, 0.6) is 0 Å². The van der Waals surface area contributed by atoms with E-state index in [4.69, 9.17) is 34.8 Å². The smallest absolute Gasteiger partial charge is 0.243 e. The zero-order valence-electron chi connectivity index (χ0n) is 17.6. The molecule has 2 rings (SSSR count). The maximum Gasteiger partial charge on any atom is 0.243 e. The Labute approximate surface area is 193 Å². The largest absolute Gasteiger partial charge is 0.350 e. The first-order valence-electron chi connectivity index (χ1n) is 9.81. The summed E-state index contributed by atoms with van der Waals surface area (Å²) in [6.07, 6.45) is 0.513. The molecule has 30 heavy (non-hydrogen) atoms. The van der Waals surface area contributed by atoms with E-state index in [9.17, 15) is 9.59 Å². The van der Waals surface area contributed by atoms with Crippen LogP contribution in [0.25, 0.3) is 0 Å². The van der Waals surface area contributed by atoms with E-state index in [2.05, 4.69) is 5.32 Å². The molecule has 0 fully saturated rings. The summed E-state index contributed by atoms with van der Waals surface area (Å²) in [5, 5.41) is 4.38. The summed E-state index contributed by atoms with van der Waals surface area (Å²) in [4.78, 5) is 27.9. The SMILES string of the molecule is CC[C@H](C(=O)NC(C)(C)C)N(Cc1c(Cl)cccc1Cl)C(=O)Cc1ccccc1Cl. The quantitative estimate of drug-likeness (QED) is 0.548. The molecule has 1 N–H and O–H groups in total. The maximum absolute atomic E-state index is 13.4. The van der Waals surface area contributed by atoms with Crippen LogP contribution in [0.2, 0.25) is 15.1 Å². The van der Waals surface area contributed by atoms with Gasteiger partial charge in [-0.2, -0.15) is 0 Å². The van der Waals surface area contributed by atoms with Crippen molar-refractivity contribution in [2.24, 2.45) is 0 Å². The first-order valence-corrected chi connectivity index (χ1v) is 10.9. The fourth-order valence-corrected chi connectivity index (χ4v) is 3.85. The van der Waals surface area contributed by atoms with Crippen LogP contribution in [-0.4, -0.2) is 28.3 Å². The number of rotatable bonds is 7. The predicted octanol–water partition coefficient (Wildman–Crippen LogP) is 5.91. The van der Waals surface area contributed by atoms with Gasteiger partial charge in [-0.25, -0.2) is 0 Å². The number of carbonyl (C=O) groups excluding carboxylic acids is 2. The summed E-state index contributed by atoms with van der Waals surface area (Å²) in [7, 11) is 0. The number of nitrogens with zero attached hydrogens (tertiary/aromatic N) is 1. The first-order chi connectivity index (χ1) is 14.0. The molecule has 4 nitrogen and oxygen atoms in total. The van der Waals surface area contributed by atoms with Gasteiger partial charge >= 0.3 is 0 Å². The van der Waals surface area contributed by atoms with Gasteiger partial charge < -0.3 is 10.2 Å². The summed E-state index contributed by atoms with van der Waals surface area (Å²) >= 11 is 19.0. The zero-order chi connectivity index (χ0) is 22.5. The molecule has 2 amide bonds. The van der Waals surface area contributed by atoms with E-state index >= 15 is 0 Å². The highest BCUT2D eigenvalue weighted by molar-refractivity contribution is 6.36. The van der Waals surface area contributed by atoms with Crippen LogP contribution in [0, 0.1) is 0 Å². The van der Waals surface area contributed by atoms with Crippen LogP contribution in [0.1, 0.15) is 45.2 Å². The van der Waals surface area contributed by atoms with E-state index in [0.29, 0.717) is 32.6 Å². The van der Waals surface area contributed by atoms with Crippen molar-refractivity contribution in [2.45, 2.75) is 58.7 Å². The Kier molecular flexibility index (Phi) is 8.60. The van der Waals surface area contributed by atoms with Gasteiger partial charge in [-0.05, 0) is 51.0 Å². The highest BCUT2D eigenvalue weighted by atomic mass is 35.5. The van der Waals surface area contributed by atoms with Crippen molar-refractivity contribution >= 4 is 46.6 Å². The lowest BCUT2D eigenvalue weighted by Crippen LogP contribution is -2.53. The monoisotopic (exact) mass is 468 g/mol. The Balaban J connectivity index is 2.41. The van der Waals surface area contributed by atoms with Crippen LogP contribution in [0.4, 0.5) is 0 Å². The maximum atomic E-state index is 13.4. The fourth-order valence-electron chi connectivity index (χ4n) is 3.13. The van der Waals surface area contributed by atoms with Crippen molar-refractivity contribution in [3.8, 4) is 0 Å². The minimum absolute atomic E-state index is 0.0705. The number of benzene rings is 2. The van der Waals surface area contributed by atoms with Gasteiger partial charge in [0, 0.05) is 32.7 Å². The number of hydrogen-bond donors (Lipinski definition) is 1. The molecule has 0 aliphatic heterocycles. The first kappa shape index (κ1) is 24.5. The third-order valence-electron chi connectivity index (χ3n) is 4.57. The molecule has 0 bridgehead atoms. The summed E-state index contributed by atoms with van der Waals surface area (Å²) < 4.78 is 0. The van der Waals surface area contributed by atoms with Crippen molar-refractivity contribution < 1.29 is 9.59 Å². The molecule has 162 valence electrons. The van der Waals surface area contributed by atoms with Crippen LogP contribution in [-0.2, 0) is 22.6 Å². The lowest BCUT2D eigenvalue weighted by atomic mass is 10.0. The van der Waals surface area contributed by atoms with Gasteiger partial charge in [-0.3, -0.25) is 9.59 Å². The van der Waals surface area contributed by atoms with Gasteiger partial charge in [0.15, 0.2) is 0 Å². The van der Waals surface area contributed by atoms with Gasteiger partial charge in [-0.15, -0.1) is 0 Å². The van der Waals surface area contributed by atoms with Crippen LogP contribution in [0.3, 0.4) is 0 Å². The van der Waals surface area contributed by atoms with E-state index < -0.39 is 11.6 Å². The van der Waals surface area contributed by atoms with Crippen LogP contribution in [0.15, 0.2) is 42.5 Å². The number of nitrogens with one attached hydrogen (secondary N) is 1. The van der Waals surface area contributed by atoms with Crippen molar-refractivity contribution in [1.29, 1.82) is 0 Å². The van der Waals surface area contributed by atoms with E-state index in [1.807, 2.05) is 39.8 Å². The topological polar surface area (TPSA) is 49.4 Å². The highest BCUT2D eigenvalue weighted by Crippen LogP contribution is 2.28. The van der Waals surface area contributed by atoms with E-state index in [-0.39, 0.29) is 24.8 Å². The fraction of sp³-hybridized carbons (Fsp3) is 0.391. The van der Waals surface area contributed by atoms with Crippen LogP contribution >= 0.6 is 34.8 Å². The lowest BCUT2D eigenvalue weighted by molar-refractivity contribution is -0.141. The number of halogens is 3. The highest BCUT2D eigenvalue weighted by Gasteiger charge is 2.31. The Morgan fingerprint density at radius 3 is 2.07 bits per heavy atom. The Morgan fingerprint density at radius 1 is 0.967 bits per heavy atom. The Morgan fingerprint density at radius 2 is 1.53 bits per heavy atom. The van der Waals surface area contributed by atoms with Gasteiger partial charge in [0.25, 0.3) is 0 Å². The van der Waals surface area contributed by atoms with Gasteiger partial charge in [0.05, 0.1) is 6.42 Å². The average Bonchev–Trinajstić information content (AvgIpc) is 2.64. The molecule has 1 atom stereocenters. The zero-order valence-corrected chi connectivity index (χ0v) is 19.9. The second-order valence-corrected chi connectivity index (χ2v) is 9.37. The second-order valence-electron chi connectivity index (χ2n) is 8.15. The number of carbonyl (C=O) groups is 2. The minimum atomic E-state index is -0.674. The molecule has 0 aliphatic rings. The van der Waals surface area contributed by atoms with Gasteiger partial charge in [-0.1, -0.05) is 66.0 Å². The molecule has 0 saturated carbocycles. The molecule has 0 heterocycles. The predicted molar refractivity (Wildman–Crippen MR) is 124 cm³/mol. The third kappa shape index (κ3) is 6.63. The van der Waals surface area contributed by atoms with Crippen LogP contribution < -0.4 is 5.32 Å². The molecule has 2 aromatic carbocycles. The molecule has 0 saturated heterocycles. The number of amides is 2. The van der Waals surface area contributed by atoms with Gasteiger partial charge in [0.1, 0.15) is 6.04 Å². The van der Waals surface area contributed by atoms with Crippen molar-refractivity contribution in [3.63, 3.8) is 0 Å². The lowest BCUT2D eigenvalue weighted by Gasteiger charge is -2.33. The molecule has 0 aliphatic carbocycles.